The number of rotatable bonds is 6. The molecule has 3 aromatic heterocycles. The second-order valence-corrected chi connectivity index (χ2v) is 9.00. The first kappa shape index (κ1) is 25.7. The molecule has 0 fully saturated rings. The molecule has 0 aliphatic carbocycles. The van der Waals surface area contributed by atoms with Crippen LogP contribution in [0.3, 0.4) is 0 Å². The van der Waals surface area contributed by atoms with Gasteiger partial charge in [0.05, 0.1) is 16.7 Å². The molecule has 15 heteroatoms. The van der Waals surface area contributed by atoms with Gasteiger partial charge >= 0.3 is 5.82 Å². The number of nitrogens with one attached hydrogen (secondary N) is 2. The van der Waals surface area contributed by atoms with Crippen LogP contribution >= 0.6 is 11.6 Å². The summed E-state index contributed by atoms with van der Waals surface area (Å²) in [7, 11) is -3.92. The third-order valence-corrected chi connectivity index (χ3v) is 4.76. The summed E-state index contributed by atoms with van der Waals surface area (Å²) in [5, 5.41) is 19.0. The van der Waals surface area contributed by atoms with Crippen molar-refractivity contribution in [3.05, 3.63) is 74.8 Å². The van der Waals surface area contributed by atoms with E-state index in [9.17, 15) is 10.1 Å². The highest BCUT2D eigenvalue weighted by Crippen LogP contribution is 2.23. The highest BCUT2D eigenvalue weighted by molar-refractivity contribution is 7.84. The summed E-state index contributed by atoms with van der Waals surface area (Å²) in [6.45, 7) is 4.26. The average molecular weight is 522 g/mol. The minimum Gasteiger partial charge on any atom is -0.748 e. The van der Waals surface area contributed by atoms with Gasteiger partial charge in [0.15, 0.2) is 5.02 Å². The van der Waals surface area contributed by atoms with E-state index in [1.807, 2.05) is 26.0 Å². The van der Waals surface area contributed by atoms with E-state index in [1.165, 1.54) is 0 Å². The van der Waals surface area contributed by atoms with Gasteiger partial charge in [-0.2, -0.15) is 0 Å². The number of imidazole rings is 1. The number of fused-ring (bicyclic) bond motifs is 1. The molecule has 35 heavy (non-hydrogen) atoms. The molecule has 1 aromatic carbocycles. The van der Waals surface area contributed by atoms with Crippen LogP contribution in [0.4, 0.5) is 11.6 Å². The zero-order chi connectivity index (χ0) is 25.8. The van der Waals surface area contributed by atoms with Crippen LogP contribution < -0.4 is 15.0 Å². The normalized spacial score (nSPS) is 11.0. The molecule has 0 saturated heterocycles. The summed E-state index contributed by atoms with van der Waals surface area (Å²) >= 11 is 6.28. The van der Waals surface area contributed by atoms with Gasteiger partial charge in [0, 0.05) is 25.3 Å². The molecule has 2 N–H and O–H groups in total. The summed E-state index contributed by atoms with van der Waals surface area (Å²) < 4.78 is 34.1. The number of ether oxygens (including phenoxy) is 1. The predicted octanol–water partition coefficient (Wildman–Crippen LogP) is 2.68. The maximum absolute atomic E-state index is 11.0. The van der Waals surface area contributed by atoms with Crippen molar-refractivity contribution in [2.75, 3.05) is 11.6 Å². The third-order valence-electron chi connectivity index (χ3n) is 4.30. The fourth-order valence-corrected chi connectivity index (χ4v) is 3.03. The van der Waals surface area contributed by atoms with Crippen LogP contribution in [0.5, 0.6) is 11.6 Å². The summed E-state index contributed by atoms with van der Waals surface area (Å²) in [6, 6.07) is 10.6. The number of aryl methyl sites for hydroxylation is 2. The van der Waals surface area contributed by atoms with Gasteiger partial charge < -0.3 is 24.7 Å². The van der Waals surface area contributed by atoms with Crippen LogP contribution in [0, 0.1) is 24.0 Å². The second kappa shape index (κ2) is 10.6. The number of H-pyrrole nitrogens is 1. The molecule has 0 unspecified atom stereocenters. The van der Waals surface area contributed by atoms with Crippen molar-refractivity contribution in [2.45, 2.75) is 20.4 Å². The van der Waals surface area contributed by atoms with Crippen LogP contribution in [-0.2, 0) is 16.7 Å². The van der Waals surface area contributed by atoms with Crippen molar-refractivity contribution >= 4 is 39.0 Å². The van der Waals surface area contributed by atoms with Gasteiger partial charge in [0.25, 0.3) is 5.88 Å². The van der Waals surface area contributed by atoms with Crippen molar-refractivity contribution in [1.29, 1.82) is 0 Å². The molecular formula is C20H20ClN7O6S. The number of nitrogens with zero attached hydrogens (tertiary/aromatic N) is 5. The maximum Gasteiger partial charge on any atom is 0.368 e. The molecule has 184 valence electrons. The molecule has 0 atom stereocenters. The highest BCUT2D eigenvalue weighted by atomic mass is 35.5. The Morgan fingerprint density at radius 2 is 1.86 bits per heavy atom. The fraction of sp³-hybridized carbons (Fsp3) is 0.200. The number of halogens is 1. The lowest BCUT2D eigenvalue weighted by atomic mass is 10.2. The lowest BCUT2D eigenvalue weighted by molar-refractivity contribution is -0.391. The summed E-state index contributed by atoms with van der Waals surface area (Å²) in [6.07, 6.45) is 1.76. The zero-order valence-electron chi connectivity index (χ0n) is 18.7. The van der Waals surface area contributed by atoms with Crippen molar-refractivity contribution in [1.82, 2.24) is 19.6 Å². The van der Waals surface area contributed by atoms with E-state index >= 15 is 0 Å². The fourth-order valence-electron chi connectivity index (χ4n) is 2.88. The van der Waals surface area contributed by atoms with E-state index in [-0.39, 0.29) is 11.7 Å². The van der Waals surface area contributed by atoms with Crippen LogP contribution in [0.2, 0.25) is 5.02 Å². The summed E-state index contributed by atoms with van der Waals surface area (Å²) in [5.74, 6) is 2.02. The molecule has 13 nitrogen and oxygen atoms in total. The van der Waals surface area contributed by atoms with E-state index in [0.29, 0.717) is 35.0 Å². The van der Waals surface area contributed by atoms with Gasteiger partial charge in [0.1, 0.15) is 17.6 Å². The molecule has 3 heterocycles. The molecule has 4 rings (SSSR count). The van der Waals surface area contributed by atoms with Crippen molar-refractivity contribution in [3.63, 3.8) is 0 Å². The number of nitro groups is 1. The van der Waals surface area contributed by atoms with Crippen LogP contribution in [0.25, 0.3) is 5.65 Å². The number of benzene rings is 1. The molecule has 4 aromatic rings. The standard InChI is InChI=1S/C19H16ClN7O3.CH4O3S/c1-11-18(20)19(24-12(2)23-11)22-9-13-3-5-14(6-4-13)30-16-8-7-15-21-10-17(27(28)29)26(15)25-16;1-5(2,3)4/h3-8,10H,9H2,1-2H3,(H,22,23,24);1H3,(H,2,3,4). The molecule has 0 aliphatic rings. The topological polar surface area (TPSA) is 179 Å². The summed E-state index contributed by atoms with van der Waals surface area (Å²) in [4.78, 5) is 21.8. The lowest BCUT2D eigenvalue weighted by Crippen LogP contribution is -2.19. The van der Waals surface area contributed by atoms with Crippen LogP contribution in [0.1, 0.15) is 17.1 Å². The van der Waals surface area contributed by atoms with Crippen molar-refractivity contribution < 1.29 is 27.6 Å². The number of anilines is 1. The van der Waals surface area contributed by atoms with Gasteiger partial charge in [-0.05, 0) is 34.6 Å². The molecule has 0 radical (unpaired) electrons. The number of aromatic amines is 1. The quantitative estimate of drug-likeness (QED) is 0.225. The highest BCUT2D eigenvalue weighted by Gasteiger charge is 2.17. The SMILES string of the molecule is CS(=O)(=O)[O-].Cc1nc(C)c(Cl)c(NCc2ccc(Oc3ccc4ncc([N+](=O)[O-])n4n3)cc2)[nH+]1. The Kier molecular flexibility index (Phi) is 7.78. The van der Waals surface area contributed by atoms with Crippen molar-refractivity contribution in [3.8, 4) is 11.6 Å². The van der Waals surface area contributed by atoms with E-state index in [1.54, 1.807) is 24.3 Å². The first-order chi connectivity index (χ1) is 16.4. The number of aromatic nitrogens is 5. The zero-order valence-corrected chi connectivity index (χ0v) is 20.3. The van der Waals surface area contributed by atoms with E-state index < -0.39 is 15.0 Å². The molecular weight excluding hydrogens is 502 g/mol. The summed E-state index contributed by atoms with van der Waals surface area (Å²) in [5.41, 5.74) is 2.13. The first-order valence-corrected chi connectivity index (χ1v) is 12.1. The van der Waals surface area contributed by atoms with Crippen molar-refractivity contribution in [2.24, 2.45) is 0 Å². The van der Waals surface area contributed by atoms with Crippen LogP contribution in [-0.4, -0.2) is 43.7 Å². The Morgan fingerprint density at radius 3 is 2.49 bits per heavy atom. The Hall–Kier alpha value is -3.88. The predicted molar refractivity (Wildman–Crippen MR) is 124 cm³/mol. The minimum absolute atomic E-state index is 0.221. The second-order valence-electron chi connectivity index (χ2n) is 7.22. The third kappa shape index (κ3) is 7.30. The largest absolute Gasteiger partial charge is 0.748 e. The molecule has 0 spiro atoms. The maximum atomic E-state index is 11.0. The van der Waals surface area contributed by atoms with Gasteiger partial charge in [0.2, 0.25) is 17.3 Å². The molecule has 0 saturated carbocycles. The first-order valence-electron chi connectivity index (χ1n) is 9.87. The number of hydrogen-bond donors (Lipinski definition) is 1. The van der Waals surface area contributed by atoms with Gasteiger partial charge in [-0.25, -0.2) is 18.4 Å². The Morgan fingerprint density at radius 1 is 1.20 bits per heavy atom. The van der Waals surface area contributed by atoms with Crippen LogP contribution in [0.15, 0.2) is 42.6 Å². The molecule has 0 bridgehead atoms. The molecule has 0 aliphatic heterocycles. The minimum atomic E-state index is -3.92. The smallest absolute Gasteiger partial charge is 0.368 e. The Bertz CT molecular complexity index is 1470. The monoisotopic (exact) mass is 521 g/mol. The Balaban J connectivity index is 0.000000623. The lowest BCUT2D eigenvalue weighted by Gasteiger charge is -2.07. The molecule has 0 amide bonds. The van der Waals surface area contributed by atoms with Gasteiger partial charge in [-0.1, -0.05) is 28.2 Å². The number of hydrogen-bond acceptors (Lipinski definition) is 10. The van der Waals surface area contributed by atoms with E-state index in [2.05, 4.69) is 25.4 Å². The average Bonchev–Trinajstić information content (AvgIpc) is 3.19. The van der Waals surface area contributed by atoms with E-state index in [4.69, 9.17) is 29.3 Å². The Labute approximate surface area is 204 Å². The van der Waals surface area contributed by atoms with Gasteiger partial charge in [-0.3, -0.25) is 0 Å². The van der Waals surface area contributed by atoms with Gasteiger partial charge in [-0.15, -0.1) is 4.98 Å². The van der Waals surface area contributed by atoms with E-state index in [0.717, 1.165) is 27.8 Å².